The molecule has 0 aliphatic heterocycles. The molecule has 2 aromatic rings. The summed E-state index contributed by atoms with van der Waals surface area (Å²) < 4.78 is 7.55. The molecule has 3 N–H and O–H groups in total. The Morgan fingerprint density at radius 3 is 2.70 bits per heavy atom. The lowest BCUT2D eigenvalue weighted by atomic mass is 9.91. The second kappa shape index (κ2) is 14.3. The quantitative estimate of drug-likeness (QED) is 0.232. The Kier molecular flexibility index (Phi) is 10.3. The van der Waals surface area contributed by atoms with Gasteiger partial charge in [-0.05, 0) is 89.5 Å². The van der Waals surface area contributed by atoms with E-state index in [9.17, 15) is 4.79 Å². The van der Waals surface area contributed by atoms with Crippen LogP contribution in [0.15, 0.2) is 24.5 Å². The van der Waals surface area contributed by atoms with Gasteiger partial charge in [0.25, 0.3) is 0 Å². The summed E-state index contributed by atoms with van der Waals surface area (Å²) >= 11 is 6.54. The summed E-state index contributed by atoms with van der Waals surface area (Å²) in [5.41, 5.74) is 2.97. The van der Waals surface area contributed by atoms with Crippen molar-refractivity contribution in [2.45, 2.75) is 102 Å². The molecule has 10 heteroatoms. The molecule has 0 bridgehead atoms. The van der Waals surface area contributed by atoms with Crippen LogP contribution in [0, 0.1) is 5.92 Å². The molecule has 3 aliphatic rings. The summed E-state index contributed by atoms with van der Waals surface area (Å²) in [7, 11) is 1.99. The predicted molar refractivity (Wildman–Crippen MR) is 158 cm³/mol. The number of aromatic nitrogens is 4. The minimum Gasteiger partial charge on any atom is -0.446 e. The van der Waals surface area contributed by atoms with E-state index in [0.717, 1.165) is 87.9 Å². The van der Waals surface area contributed by atoms with Gasteiger partial charge in [-0.15, -0.1) is 0 Å². The highest BCUT2D eigenvalue weighted by Gasteiger charge is 2.27. The molecule has 2 saturated carbocycles. The number of halogens is 1. The summed E-state index contributed by atoms with van der Waals surface area (Å²) in [6.45, 7) is 1.51. The first-order valence-corrected chi connectivity index (χ1v) is 15.6. The van der Waals surface area contributed by atoms with Crippen LogP contribution in [0.2, 0.25) is 5.02 Å². The van der Waals surface area contributed by atoms with E-state index in [1.54, 1.807) is 6.20 Å². The fraction of sp³-hybridized carbons (Fsp3) is 0.667. The van der Waals surface area contributed by atoms with E-state index < -0.39 is 0 Å². The number of alkyl carbamates (subject to hydrolysis) is 1. The lowest BCUT2D eigenvalue weighted by molar-refractivity contribution is 0.0918. The van der Waals surface area contributed by atoms with Gasteiger partial charge in [-0.1, -0.05) is 23.8 Å². The number of amides is 1. The summed E-state index contributed by atoms with van der Waals surface area (Å²) in [6, 6.07) is 0.834. The molecule has 1 amide bonds. The van der Waals surface area contributed by atoms with Crippen molar-refractivity contribution < 1.29 is 9.53 Å². The highest BCUT2D eigenvalue weighted by atomic mass is 35.5. The average Bonchev–Trinajstić information content (AvgIpc) is 3.69. The standard InChI is InChI=1S/C30H44ClN7O2/c1-38-27(18-21-10-11-21)25(19-35-38)28-26(31)20-34-29(37-28)36-23-14-12-22(13-15-23)32-16-7-17-33-30(39)40-24-8-5-3-2-4-6-9-24/h3,5,19-24,32H,2,4,6-18H2,1H3,(H,33,39)(H,34,36,37)/b5-3+. The molecule has 0 spiro atoms. The Hall–Kier alpha value is -2.65. The third kappa shape index (κ3) is 8.43. The van der Waals surface area contributed by atoms with Crippen molar-refractivity contribution in [3.8, 4) is 11.3 Å². The van der Waals surface area contributed by atoms with Gasteiger partial charge in [0.05, 0.1) is 23.1 Å². The molecule has 5 rings (SSSR count). The maximum atomic E-state index is 12.1. The number of allylic oxidation sites excluding steroid dienone is 1. The van der Waals surface area contributed by atoms with Gasteiger partial charge < -0.3 is 20.7 Å². The van der Waals surface area contributed by atoms with Crippen molar-refractivity contribution in [3.63, 3.8) is 0 Å². The second-order valence-electron chi connectivity index (χ2n) is 11.6. The van der Waals surface area contributed by atoms with E-state index >= 15 is 0 Å². The van der Waals surface area contributed by atoms with E-state index in [4.69, 9.17) is 21.3 Å². The minimum absolute atomic E-state index is 0.00322. The van der Waals surface area contributed by atoms with Gasteiger partial charge in [-0.2, -0.15) is 5.10 Å². The molecule has 1 unspecified atom stereocenters. The Labute approximate surface area is 242 Å². The monoisotopic (exact) mass is 569 g/mol. The molecule has 40 heavy (non-hydrogen) atoms. The number of anilines is 1. The molecule has 0 aromatic carbocycles. The lowest BCUT2D eigenvalue weighted by Gasteiger charge is -2.30. The molecule has 218 valence electrons. The molecule has 2 fully saturated rings. The Morgan fingerprint density at radius 2 is 1.88 bits per heavy atom. The third-order valence-corrected chi connectivity index (χ3v) is 8.62. The van der Waals surface area contributed by atoms with Crippen molar-refractivity contribution >= 4 is 23.6 Å². The van der Waals surface area contributed by atoms with Crippen molar-refractivity contribution in [3.05, 3.63) is 35.3 Å². The van der Waals surface area contributed by atoms with Crippen LogP contribution in [0.4, 0.5) is 10.7 Å². The predicted octanol–water partition coefficient (Wildman–Crippen LogP) is 5.80. The number of aryl methyl sites for hydroxylation is 1. The number of hydrogen-bond acceptors (Lipinski definition) is 7. The zero-order valence-electron chi connectivity index (χ0n) is 23.7. The van der Waals surface area contributed by atoms with Gasteiger partial charge in [0, 0.05) is 43.4 Å². The number of rotatable bonds is 11. The number of carbonyl (C=O) groups is 1. The van der Waals surface area contributed by atoms with Crippen LogP contribution in [-0.2, 0) is 18.2 Å². The maximum absolute atomic E-state index is 12.1. The van der Waals surface area contributed by atoms with Crippen LogP contribution in [0.5, 0.6) is 0 Å². The number of carbonyl (C=O) groups excluding carboxylic acids is 1. The molecule has 9 nitrogen and oxygen atoms in total. The van der Waals surface area contributed by atoms with Crippen LogP contribution >= 0.6 is 11.6 Å². The minimum atomic E-state index is -0.291. The molecule has 2 aromatic heterocycles. The number of nitrogens with one attached hydrogen (secondary N) is 3. The van der Waals surface area contributed by atoms with Crippen LogP contribution in [-0.4, -0.2) is 57.1 Å². The molecule has 2 heterocycles. The molecule has 0 radical (unpaired) electrons. The second-order valence-corrected chi connectivity index (χ2v) is 12.0. The first-order chi connectivity index (χ1) is 19.5. The van der Waals surface area contributed by atoms with Gasteiger partial charge in [0.1, 0.15) is 6.10 Å². The Bertz CT molecular complexity index is 1140. The van der Waals surface area contributed by atoms with E-state index in [2.05, 4.69) is 38.2 Å². The molecule has 1 atom stereocenters. The zero-order valence-corrected chi connectivity index (χ0v) is 24.5. The summed E-state index contributed by atoms with van der Waals surface area (Å²) in [5.74, 6) is 1.38. The number of ether oxygens (including phenoxy) is 1. The van der Waals surface area contributed by atoms with Crippen LogP contribution < -0.4 is 16.0 Å². The highest BCUT2D eigenvalue weighted by molar-refractivity contribution is 6.32. The SMILES string of the molecule is Cn1ncc(-c2nc(NC3CCC(NCCCNC(=O)OC4C/C=C/CCCC4)CC3)ncc2Cl)c1CC1CC1. The largest absolute Gasteiger partial charge is 0.446 e. The van der Waals surface area contributed by atoms with Gasteiger partial charge in [-0.3, -0.25) is 4.68 Å². The average molecular weight is 570 g/mol. The fourth-order valence-electron chi connectivity index (χ4n) is 5.75. The van der Waals surface area contributed by atoms with Crippen LogP contribution in [0.25, 0.3) is 11.3 Å². The van der Waals surface area contributed by atoms with E-state index in [-0.39, 0.29) is 12.2 Å². The number of hydrogen-bond donors (Lipinski definition) is 3. The Balaban J connectivity index is 1.00. The van der Waals surface area contributed by atoms with E-state index in [0.29, 0.717) is 29.6 Å². The molecule has 0 saturated heterocycles. The summed E-state index contributed by atoms with van der Waals surface area (Å²) in [6.07, 6.45) is 21.6. The van der Waals surface area contributed by atoms with Crippen molar-refractivity contribution in [2.75, 3.05) is 18.4 Å². The molecule has 3 aliphatic carbocycles. The van der Waals surface area contributed by atoms with Crippen LogP contribution in [0.3, 0.4) is 0 Å². The lowest BCUT2D eigenvalue weighted by Crippen LogP contribution is -2.38. The van der Waals surface area contributed by atoms with Gasteiger partial charge in [0.15, 0.2) is 0 Å². The molecular weight excluding hydrogens is 526 g/mol. The van der Waals surface area contributed by atoms with E-state index in [1.165, 1.54) is 25.0 Å². The highest BCUT2D eigenvalue weighted by Crippen LogP contribution is 2.37. The summed E-state index contributed by atoms with van der Waals surface area (Å²) in [4.78, 5) is 21.4. The van der Waals surface area contributed by atoms with Crippen molar-refractivity contribution in [1.82, 2.24) is 30.4 Å². The van der Waals surface area contributed by atoms with Crippen LogP contribution in [0.1, 0.15) is 82.7 Å². The van der Waals surface area contributed by atoms with Crippen molar-refractivity contribution in [2.24, 2.45) is 13.0 Å². The molecular formula is C30H44ClN7O2. The third-order valence-electron chi connectivity index (χ3n) is 8.34. The van der Waals surface area contributed by atoms with Gasteiger partial charge in [-0.25, -0.2) is 14.8 Å². The summed E-state index contributed by atoms with van der Waals surface area (Å²) in [5, 5.41) is 15.2. The zero-order chi connectivity index (χ0) is 27.7. The normalized spacial score (nSPS) is 24.1. The fourth-order valence-corrected chi connectivity index (χ4v) is 5.94. The first-order valence-electron chi connectivity index (χ1n) is 15.2. The smallest absolute Gasteiger partial charge is 0.407 e. The van der Waals surface area contributed by atoms with Crippen molar-refractivity contribution in [1.29, 1.82) is 0 Å². The Morgan fingerprint density at radius 1 is 1.05 bits per heavy atom. The maximum Gasteiger partial charge on any atom is 0.407 e. The first kappa shape index (κ1) is 28.9. The number of nitrogens with zero attached hydrogens (tertiary/aromatic N) is 4. The topological polar surface area (TPSA) is 106 Å². The van der Waals surface area contributed by atoms with Gasteiger partial charge in [0.2, 0.25) is 5.95 Å². The van der Waals surface area contributed by atoms with E-state index in [1.807, 2.05) is 17.9 Å². The van der Waals surface area contributed by atoms with Gasteiger partial charge >= 0.3 is 6.09 Å².